The maximum atomic E-state index is 11.3. The first-order chi connectivity index (χ1) is 15.5. The molecule has 6 nitrogen and oxygen atoms in total. The van der Waals surface area contributed by atoms with Gasteiger partial charge in [0.2, 0.25) is 11.6 Å². The van der Waals surface area contributed by atoms with Crippen molar-refractivity contribution in [2.45, 2.75) is 147 Å². The van der Waals surface area contributed by atoms with Crippen LogP contribution in [0.25, 0.3) is 0 Å². The van der Waals surface area contributed by atoms with E-state index in [9.17, 15) is 14.7 Å². The molecule has 0 aromatic carbocycles. The van der Waals surface area contributed by atoms with Gasteiger partial charge in [0, 0.05) is 6.42 Å². The number of carbonyl (C=O) groups excluding carboxylic acids is 1. The number of nitrogens with two attached hydrogens (primary N) is 1. The molecule has 0 saturated carbocycles. The van der Waals surface area contributed by atoms with Crippen LogP contribution in [0, 0.1) is 0 Å². The molecule has 0 fully saturated rings. The van der Waals surface area contributed by atoms with Crippen LogP contribution in [0.15, 0.2) is 0 Å². The lowest BCUT2D eigenvalue weighted by molar-refractivity contribution is -0.166. The summed E-state index contributed by atoms with van der Waals surface area (Å²) in [5.74, 6) is -2.10. The molecule has 5 N–H and O–H groups in total. The van der Waals surface area contributed by atoms with Gasteiger partial charge in [0.1, 0.15) is 0 Å². The van der Waals surface area contributed by atoms with Crippen LogP contribution in [0.4, 0.5) is 0 Å². The van der Waals surface area contributed by atoms with Crippen molar-refractivity contribution in [3.05, 3.63) is 0 Å². The molecule has 190 valence electrons. The van der Waals surface area contributed by atoms with E-state index in [4.69, 9.17) is 10.8 Å². The molecule has 0 aliphatic rings. The van der Waals surface area contributed by atoms with Crippen molar-refractivity contribution in [2.75, 3.05) is 6.54 Å². The summed E-state index contributed by atoms with van der Waals surface area (Å²) >= 11 is 0. The zero-order valence-corrected chi connectivity index (χ0v) is 20.8. The van der Waals surface area contributed by atoms with Crippen LogP contribution in [-0.2, 0) is 9.59 Å². The number of aliphatic hydroxyl groups is 1. The Labute approximate surface area is 197 Å². The van der Waals surface area contributed by atoms with Gasteiger partial charge in [0.25, 0.3) is 0 Å². The van der Waals surface area contributed by atoms with Crippen LogP contribution in [0.5, 0.6) is 0 Å². The first kappa shape index (κ1) is 30.9. The molecule has 0 saturated heterocycles. The van der Waals surface area contributed by atoms with Crippen LogP contribution in [-0.4, -0.2) is 34.4 Å². The Bertz CT molecular complexity index is 459. The van der Waals surface area contributed by atoms with E-state index >= 15 is 0 Å². The third-order valence-electron chi connectivity index (χ3n) is 6.28. The van der Waals surface area contributed by atoms with Crippen LogP contribution < -0.4 is 11.1 Å². The first-order valence-electron chi connectivity index (χ1n) is 13.4. The second kappa shape index (κ2) is 21.7. The number of rotatable bonds is 24. The molecule has 32 heavy (non-hydrogen) atoms. The van der Waals surface area contributed by atoms with Crippen molar-refractivity contribution in [2.24, 2.45) is 5.73 Å². The SMILES string of the molecule is CCCCCCCCCCCCCCCCCCCCCCC(O)(NC(=O)CN)C(=O)O. The van der Waals surface area contributed by atoms with E-state index in [-0.39, 0.29) is 13.0 Å². The molecular weight excluding hydrogens is 404 g/mol. The number of hydrogen-bond acceptors (Lipinski definition) is 4. The lowest BCUT2D eigenvalue weighted by atomic mass is 10.0. The maximum absolute atomic E-state index is 11.3. The molecule has 0 spiro atoms. The second-order valence-corrected chi connectivity index (χ2v) is 9.39. The van der Waals surface area contributed by atoms with Crippen molar-refractivity contribution in [1.29, 1.82) is 0 Å². The van der Waals surface area contributed by atoms with Gasteiger partial charge in [-0.25, -0.2) is 4.79 Å². The van der Waals surface area contributed by atoms with E-state index in [0.29, 0.717) is 6.42 Å². The summed E-state index contributed by atoms with van der Waals surface area (Å²) in [6.07, 6.45) is 25.5. The van der Waals surface area contributed by atoms with E-state index < -0.39 is 17.6 Å². The number of carbonyl (C=O) groups is 2. The van der Waals surface area contributed by atoms with E-state index in [0.717, 1.165) is 19.3 Å². The van der Waals surface area contributed by atoms with Gasteiger partial charge in [0.15, 0.2) is 0 Å². The quantitative estimate of drug-likeness (QED) is 0.104. The number of nitrogens with one attached hydrogen (secondary N) is 1. The molecule has 6 heteroatoms. The fourth-order valence-corrected chi connectivity index (χ4v) is 4.14. The van der Waals surface area contributed by atoms with Crippen molar-refractivity contribution in [3.8, 4) is 0 Å². The average Bonchev–Trinajstić information content (AvgIpc) is 2.77. The Morgan fingerprint density at radius 3 is 1.25 bits per heavy atom. The van der Waals surface area contributed by atoms with Gasteiger partial charge < -0.3 is 21.3 Å². The first-order valence-corrected chi connectivity index (χ1v) is 13.4. The second-order valence-electron chi connectivity index (χ2n) is 9.39. The number of carboxylic acid groups (broad SMARTS) is 1. The molecule has 0 rings (SSSR count). The smallest absolute Gasteiger partial charge is 0.357 e. The lowest BCUT2D eigenvalue weighted by Gasteiger charge is -2.24. The Morgan fingerprint density at radius 1 is 0.656 bits per heavy atom. The molecule has 0 bridgehead atoms. The number of carboxylic acids is 1. The van der Waals surface area contributed by atoms with Crippen LogP contribution in [0.2, 0.25) is 0 Å². The largest absolute Gasteiger partial charge is 0.478 e. The van der Waals surface area contributed by atoms with Gasteiger partial charge in [-0.05, 0) is 6.42 Å². The molecule has 0 aromatic heterocycles. The third kappa shape index (κ3) is 18.4. The number of aliphatic carboxylic acids is 1. The van der Waals surface area contributed by atoms with Gasteiger partial charge in [-0.3, -0.25) is 4.79 Å². The molecule has 0 aromatic rings. The Hall–Kier alpha value is -1.14. The van der Waals surface area contributed by atoms with E-state index in [1.54, 1.807) is 0 Å². The summed E-state index contributed by atoms with van der Waals surface area (Å²) in [4.78, 5) is 22.5. The number of hydrogen-bond donors (Lipinski definition) is 4. The Balaban J connectivity index is 3.37. The molecule has 0 aliphatic heterocycles. The maximum Gasteiger partial charge on any atom is 0.357 e. The fourth-order valence-electron chi connectivity index (χ4n) is 4.14. The molecular formula is C26H52N2O4. The summed E-state index contributed by atoms with van der Waals surface area (Å²) < 4.78 is 0. The van der Waals surface area contributed by atoms with Crippen LogP contribution in [0.3, 0.4) is 0 Å². The highest BCUT2D eigenvalue weighted by Crippen LogP contribution is 2.17. The minimum atomic E-state index is -2.20. The number of unbranched alkanes of at least 4 members (excludes halogenated alkanes) is 19. The monoisotopic (exact) mass is 456 g/mol. The molecule has 1 atom stereocenters. The minimum Gasteiger partial charge on any atom is -0.478 e. The van der Waals surface area contributed by atoms with E-state index in [1.807, 2.05) is 0 Å². The zero-order chi connectivity index (χ0) is 23.9. The molecule has 0 radical (unpaired) electrons. The lowest BCUT2D eigenvalue weighted by Crippen LogP contribution is -2.55. The van der Waals surface area contributed by atoms with Crippen molar-refractivity contribution < 1.29 is 19.8 Å². The van der Waals surface area contributed by atoms with Crippen molar-refractivity contribution in [1.82, 2.24) is 5.32 Å². The normalized spacial score (nSPS) is 13.1. The summed E-state index contributed by atoms with van der Waals surface area (Å²) in [5.41, 5.74) is 2.97. The molecule has 1 unspecified atom stereocenters. The molecule has 1 amide bonds. The van der Waals surface area contributed by atoms with Crippen molar-refractivity contribution >= 4 is 11.9 Å². The fraction of sp³-hybridized carbons (Fsp3) is 0.923. The zero-order valence-electron chi connectivity index (χ0n) is 20.8. The van der Waals surface area contributed by atoms with Gasteiger partial charge in [-0.15, -0.1) is 0 Å². The highest BCUT2D eigenvalue weighted by atomic mass is 16.4. The Kier molecular flexibility index (Phi) is 20.9. The van der Waals surface area contributed by atoms with Gasteiger partial charge in [-0.2, -0.15) is 0 Å². The van der Waals surface area contributed by atoms with E-state index in [2.05, 4.69) is 12.2 Å². The standard InChI is InChI=1S/C26H52N2O4/c1-2-3-4-5-6-7-8-9-10-11-12-13-14-15-16-17-18-19-20-21-22-26(32,25(30)31)28-24(29)23-27/h32H,2-23,27H2,1H3,(H,28,29)(H,30,31). The topological polar surface area (TPSA) is 113 Å². The summed E-state index contributed by atoms with van der Waals surface area (Å²) in [5, 5.41) is 21.3. The molecule has 0 aliphatic carbocycles. The summed E-state index contributed by atoms with van der Waals surface area (Å²) in [7, 11) is 0. The molecule has 0 heterocycles. The predicted octanol–water partition coefficient (Wildman–Crippen LogP) is 6.05. The van der Waals surface area contributed by atoms with Gasteiger partial charge in [-0.1, -0.05) is 129 Å². The predicted molar refractivity (Wildman–Crippen MR) is 132 cm³/mol. The van der Waals surface area contributed by atoms with Crippen LogP contribution >= 0.6 is 0 Å². The van der Waals surface area contributed by atoms with Crippen LogP contribution in [0.1, 0.15) is 142 Å². The van der Waals surface area contributed by atoms with Gasteiger partial charge >= 0.3 is 5.97 Å². The van der Waals surface area contributed by atoms with Gasteiger partial charge in [0.05, 0.1) is 6.54 Å². The third-order valence-corrected chi connectivity index (χ3v) is 6.28. The highest BCUT2D eigenvalue weighted by Gasteiger charge is 2.36. The number of amides is 1. The minimum absolute atomic E-state index is 0.00698. The van der Waals surface area contributed by atoms with E-state index in [1.165, 1.54) is 103 Å². The highest BCUT2D eigenvalue weighted by molar-refractivity contribution is 5.86. The summed E-state index contributed by atoms with van der Waals surface area (Å²) in [6, 6.07) is 0. The summed E-state index contributed by atoms with van der Waals surface area (Å²) in [6.45, 7) is 1.93. The Morgan fingerprint density at radius 2 is 0.969 bits per heavy atom. The van der Waals surface area contributed by atoms with Crippen molar-refractivity contribution in [3.63, 3.8) is 0 Å². The average molecular weight is 457 g/mol.